The number of carbonyl (C=O) groups excluding carboxylic acids is 1. The second-order valence-electron chi connectivity index (χ2n) is 3.54. The zero-order chi connectivity index (χ0) is 13.9. The minimum atomic E-state index is -1.75. The van der Waals surface area contributed by atoms with E-state index in [-0.39, 0.29) is 6.07 Å². The monoisotopic (exact) mass is 281 g/mol. The van der Waals surface area contributed by atoms with Crippen molar-refractivity contribution in [1.82, 2.24) is 5.32 Å². The summed E-state index contributed by atoms with van der Waals surface area (Å²) in [5, 5.41) is 1.85. The molecule has 2 nitrogen and oxygen atoms in total. The lowest BCUT2D eigenvalue weighted by Crippen LogP contribution is -2.31. The Morgan fingerprint density at radius 3 is 2.44 bits per heavy atom. The molecule has 0 heterocycles. The molecule has 1 amide bonds. The summed E-state index contributed by atoms with van der Waals surface area (Å²) >= 11 is 1.25. The Balaban J connectivity index is 2.86. The lowest BCUT2D eigenvalue weighted by molar-refractivity contribution is -0.120. The van der Waals surface area contributed by atoms with Crippen LogP contribution in [0.15, 0.2) is 6.07 Å². The average molecular weight is 281 g/mol. The van der Waals surface area contributed by atoms with Gasteiger partial charge in [-0.15, -0.1) is 0 Å². The van der Waals surface area contributed by atoms with Crippen LogP contribution in [0.3, 0.4) is 0 Å². The van der Waals surface area contributed by atoms with Gasteiger partial charge in [0.2, 0.25) is 5.91 Å². The summed E-state index contributed by atoms with van der Waals surface area (Å²) in [5.74, 6) is -6.64. The van der Waals surface area contributed by atoms with E-state index in [1.54, 1.807) is 13.2 Å². The van der Waals surface area contributed by atoms with Gasteiger partial charge >= 0.3 is 0 Å². The van der Waals surface area contributed by atoms with Crippen molar-refractivity contribution in [3.63, 3.8) is 0 Å². The number of thioether (sulfide) groups is 1. The van der Waals surface area contributed by atoms with Gasteiger partial charge < -0.3 is 5.32 Å². The van der Waals surface area contributed by atoms with Crippen LogP contribution in [-0.4, -0.2) is 17.4 Å². The molecule has 100 valence electrons. The van der Waals surface area contributed by atoms with Crippen LogP contribution in [0.5, 0.6) is 0 Å². The highest BCUT2D eigenvalue weighted by Gasteiger charge is 2.20. The fraction of sp³-hybridized carbons (Fsp3) is 0.364. The van der Waals surface area contributed by atoms with Gasteiger partial charge in [0.05, 0.1) is 5.25 Å². The molecule has 0 spiro atoms. The molecule has 1 N–H and O–H groups in total. The largest absolute Gasteiger partial charge is 0.351 e. The molecule has 1 unspecified atom stereocenters. The quantitative estimate of drug-likeness (QED) is 0.522. The number of nitrogens with one attached hydrogen (secondary N) is 1. The fourth-order valence-corrected chi connectivity index (χ4v) is 1.49. The molecule has 1 aromatic carbocycles. The highest BCUT2D eigenvalue weighted by molar-refractivity contribution is 7.99. The SMILES string of the molecule is CSC(C)C(=O)NCc1c(F)cc(F)c(F)c1F. The molecular formula is C11H11F4NOS. The van der Waals surface area contributed by atoms with E-state index >= 15 is 0 Å². The van der Waals surface area contributed by atoms with Crippen LogP contribution < -0.4 is 5.32 Å². The number of hydrogen-bond donors (Lipinski definition) is 1. The maximum absolute atomic E-state index is 13.2. The van der Waals surface area contributed by atoms with Crippen LogP contribution in [0, 0.1) is 23.3 Å². The first-order valence-corrected chi connectivity index (χ1v) is 6.29. The fourth-order valence-electron chi connectivity index (χ4n) is 1.19. The third-order valence-electron chi connectivity index (χ3n) is 2.37. The summed E-state index contributed by atoms with van der Waals surface area (Å²) in [7, 11) is 0. The molecule has 0 aliphatic carbocycles. The van der Waals surface area contributed by atoms with Crippen molar-refractivity contribution in [1.29, 1.82) is 0 Å². The molecule has 0 fully saturated rings. The summed E-state index contributed by atoms with van der Waals surface area (Å²) in [5.41, 5.74) is -0.699. The summed E-state index contributed by atoms with van der Waals surface area (Å²) in [4.78, 5) is 11.4. The molecule has 0 aromatic heterocycles. The van der Waals surface area contributed by atoms with Gasteiger partial charge in [-0.25, -0.2) is 17.6 Å². The van der Waals surface area contributed by atoms with Gasteiger partial charge in [0.15, 0.2) is 17.5 Å². The molecule has 0 radical (unpaired) electrons. The zero-order valence-electron chi connectivity index (χ0n) is 9.69. The van der Waals surface area contributed by atoms with Crippen molar-refractivity contribution in [3.05, 3.63) is 34.9 Å². The number of hydrogen-bond acceptors (Lipinski definition) is 2. The number of carbonyl (C=O) groups is 1. The van der Waals surface area contributed by atoms with E-state index in [4.69, 9.17) is 0 Å². The number of halogens is 4. The van der Waals surface area contributed by atoms with Crippen LogP contribution >= 0.6 is 11.8 Å². The first-order valence-electron chi connectivity index (χ1n) is 5.00. The van der Waals surface area contributed by atoms with E-state index in [1.807, 2.05) is 0 Å². The van der Waals surface area contributed by atoms with Crippen LogP contribution in [0.1, 0.15) is 12.5 Å². The minimum Gasteiger partial charge on any atom is -0.351 e. The molecule has 0 bridgehead atoms. The number of amides is 1. The van der Waals surface area contributed by atoms with Gasteiger partial charge in [-0.1, -0.05) is 0 Å². The highest BCUT2D eigenvalue weighted by Crippen LogP contribution is 2.19. The van der Waals surface area contributed by atoms with Crippen molar-refractivity contribution >= 4 is 17.7 Å². The Labute approximate surface area is 106 Å². The van der Waals surface area contributed by atoms with Crippen molar-refractivity contribution in [2.24, 2.45) is 0 Å². The van der Waals surface area contributed by atoms with Crippen molar-refractivity contribution in [3.8, 4) is 0 Å². The second-order valence-corrected chi connectivity index (χ2v) is 4.72. The maximum atomic E-state index is 13.2. The van der Waals surface area contributed by atoms with E-state index < -0.39 is 46.5 Å². The maximum Gasteiger partial charge on any atom is 0.233 e. The molecule has 1 aromatic rings. The normalized spacial score (nSPS) is 12.3. The minimum absolute atomic E-state index is 0.248. The van der Waals surface area contributed by atoms with Gasteiger partial charge in [0.25, 0.3) is 0 Å². The summed E-state index contributed by atoms with van der Waals surface area (Å²) in [6, 6.07) is 0.248. The van der Waals surface area contributed by atoms with E-state index in [2.05, 4.69) is 5.32 Å². The third-order valence-corrected chi connectivity index (χ3v) is 3.29. The number of rotatable bonds is 4. The van der Waals surface area contributed by atoms with Gasteiger partial charge in [-0.05, 0) is 13.2 Å². The molecule has 18 heavy (non-hydrogen) atoms. The average Bonchev–Trinajstić information content (AvgIpc) is 2.34. The van der Waals surface area contributed by atoms with Crippen molar-refractivity contribution in [2.75, 3.05) is 6.26 Å². The molecule has 0 saturated carbocycles. The Hall–Kier alpha value is -1.24. The second kappa shape index (κ2) is 6.08. The van der Waals surface area contributed by atoms with E-state index in [0.29, 0.717) is 0 Å². The van der Waals surface area contributed by atoms with Gasteiger partial charge in [-0.3, -0.25) is 4.79 Å². The Morgan fingerprint density at radius 1 is 1.28 bits per heavy atom. The van der Waals surface area contributed by atoms with Crippen LogP contribution in [0.4, 0.5) is 17.6 Å². The first kappa shape index (κ1) is 14.8. The first-order chi connectivity index (χ1) is 8.38. The summed E-state index contributed by atoms with van der Waals surface area (Å²) in [6.07, 6.45) is 1.70. The lowest BCUT2D eigenvalue weighted by Gasteiger charge is -2.11. The smallest absolute Gasteiger partial charge is 0.233 e. The van der Waals surface area contributed by atoms with E-state index in [1.165, 1.54) is 11.8 Å². The molecule has 0 saturated heterocycles. The Kier molecular flexibility index (Phi) is 5.01. The van der Waals surface area contributed by atoms with Crippen LogP contribution in [0.2, 0.25) is 0 Å². The van der Waals surface area contributed by atoms with E-state index in [9.17, 15) is 22.4 Å². The summed E-state index contributed by atoms with van der Waals surface area (Å²) in [6.45, 7) is 1.08. The van der Waals surface area contributed by atoms with E-state index in [0.717, 1.165) is 0 Å². The summed E-state index contributed by atoms with van der Waals surface area (Å²) < 4.78 is 52.0. The van der Waals surface area contributed by atoms with Crippen LogP contribution in [0.25, 0.3) is 0 Å². The standard InChI is InChI=1S/C11H11F4NOS/c1-5(18-2)11(17)16-4-6-7(12)3-8(13)10(15)9(6)14/h3,5H,4H2,1-2H3,(H,16,17). The third kappa shape index (κ3) is 3.16. The molecule has 1 rings (SSSR count). The van der Waals surface area contributed by atoms with Crippen molar-refractivity contribution < 1.29 is 22.4 Å². The zero-order valence-corrected chi connectivity index (χ0v) is 10.5. The lowest BCUT2D eigenvalue weighted by atomic mass is 10.1. The Morgan fingerprint density at radius 2 is 1.89 bits per heavy atom. The van der Waals surface area contributed by atoms with Crippen LogP contribution in [-0.2, 0) is 11.3 Å². The molecule has 0 aliphatic rings. The Bertz CT molecular complexity index is 467. The molecular weight excluding hydrogens is 270 g/mol. The van der Waals surface area contributed by atoms with Gasteiger partial charge in [0.1, 0.15) is 5.82 Å². The molecule has 0 aliphatic heterocycles. The van der Waals surface area contributed by atoms with Gasteiger partial charge in [-0.2, -0.15) is 11.8 Å². The predicted octanol–water partition coefficient (Wildman–Crippen LogP) is 2.61. The number of benzene rings is 1. The molecule has 1 atom stereocenters. The topological polar surface area (TPSA) is 29.1 Å². The predicted molar refractivity (Wildman–Crippen MR) is 61.1 cm³/mol. The van der Waals surface area contributed by atoms with Crippen molar-refractivity contribution in [2.45, 2.75) is 18.7 Å². The van der Waals surface area contributed by atoms with Gasteiger partial charge in [0, 0.05) is 18.2 Å². The molecule has 7 heteroatoms. The highest BCUT2D eigenvalue weighted by atomic mass is 32.2.